The van der Waals surface area contributed by atoms with E-state index in [4.69, 9.17) is 4.98 Å². The number of hydrogen-bond donors (Lipinski definition) is 0. The standard InChI is InChI=1S/C34H25N3/c35-21-19-26-13-15-28-20-22-37(33(28)24-26)34(29-9-2-1-3-10-29)30-11-6-7-25(23-30)14-17-31-18-16-27-8-4-5-12-32(27)36-31/h1-18,20,22-24,34H,19H2/b17-14+. The second-order valence-corrected chi connectivity index (χ2v) is 9.20. The molecule has 0 radical (unpaired) electrons. The molecule has 176 valence electrons. The minimum absolute atomic E-state index is 0.00294. The van der Waals surface area contributed by atoms with E-state index in [0.29, 0.717) is 6.42 Å². The van der Waals surface area contributed by atoms with Crippen molar-refractivity contribution in [3.63, 3.8) is 0 Å². The van der Waals surface area contributed by atoms with E-state index in [1.165, 1.54) is 16.5 Å². The third-order valence-corrected chi connectivity index (χ3v) is 6.76. The van der Waals surface area contributed by atoms with Crippen molar-refractivity contribution >= 4 is 34.0 Å². The summed E-state index contributed by atoms with van der Waals surface area (Å²) < 4.78 is 2.32. The lowest BCUT2D eigenvalue weighted by atomic mass is 9.96. The highest BCUT2D eigenvalue weighted by atomic mass is 15.0. The number of pyridine rings is 1. The van der Waals surface area contributed by atoms with Crippen LogP contribution in [0.4, 0.5) is 0 Å². The van der Waals surface area contributed by atoms with Crippen molar-refractivity contribution in [2.75, 3.05) is 0 Å². The fourth-order valence-corrected chi connectivity index (χ4v) is 4.96. The molecule has 1 atom stereocenters. The van der Waals surface area contributed by atoms with Crippen molar-refractivity contribution in [3.05, 3.63) is 149 Å². The van der Waals surface area contributed by atoms with Crippen LogP contribution < -0.4 is 0 Å². The minimum Gasteiger partial charge on any atom is -0.336 e. The van der Waals surface area contributed by atoms with Gasteiger partial charge in [-0.1, -0.05) is 91.0 Å². The zero-order chi connectivity index (χ0) is 25.0. The highest BCUT2D eigenvalue weighted by molar-refractivity contribution is 5.82. The predicted octanol–water partition coefficient (Wildman–Crippen LogP) is 8.06. The smallest absolute Gasteiger partial charge is 0.0839 e. The van der Waals surface area contributed by atoms with Gasteiger partial charge >= 0.3 is 0 Å². The van der Waals surface area contributed by atoms with Crippen LogP contribution in [0.15, 0.2) is 121 Å². The SMILES string of the molecule is N#CCc1ccc2ccn(C(c3ccccc3)c3cccc(/C=C/c4ccc5ccccc5n4)c3)c2c1. The van der Waals surface area contributed by atoms with Gasteiger partial charge in [-0.05, 0) is 64.0 Å². The maximum Gasteiger partial charge on any atom is 0.0839 e. The van der Waals surface area contributed by atoms with E-state index >= 15 is 0 Å². The molecule has 6 aromatic rings. The van der Waals surface area contributed by atoms with E-state index in [2.05, 4.69) is 120 Å². The van der Waals surface area contributed by atoms with Crippen LogP contribution in [0.3, 0.4) is 0 Å². The molecule has 0 aliphatic rings. The summed E-state index contributed by atoms with van der Waals surface area (Å²) in [6.45, 7) is 0. The summed E-state index contributed by atoms with van der Waals surface area (Å²) in [6.07, 6.45) is 6.75. The van der Waals surface area contributed by atoms with Gasteiger partial charge in [0.15, 0.2) is 0 Å². The van der Waals surface area contributed by atoms with Gasteiger partial charge in [-0.25, -0.2) is 4.98 Å². The first-order valence-electron chi connectivity index (χ1n) is 12.4. The molecule has 1 unspecified atom stereocenters. The van der Waals surface area contributed by atoms with Gasteiger partial charge in [0.1, 0.15) is 0 Å². The van der Waals surface area contributed by atoms with Gasteiger partial charge in [0.05, 0.1) is 29.7 Å². The van der Waals surface area contributed by atoms with Crippen LogP contribution in [0.2, 0.25) is 0 Å². The molecule has 0 amide bonds. The molecule has 4 aromatic carbocycles. The van der Waals surface area contributed by atoms with Crippen molar-refractivity contribution in [1.82, 2.24) is 9.55 Å². The Balaban J connectivity index is 1.41. The predicted molar refractivity (Wildman–Crippen MR) is 152 cm³/mol. The second kappa shape index (κ2) is 9.97. The van der Waals surface area contributed by atoms with Crippen LogP contribution >= 0.6 is 0 Å². The van der Waals surface area contributed by atoms with Crippen molar-refractivity contribution in [2.45, 2.75) is 12.5 Å². The summed E-state index contributed by atoms with van der Waals surface area (Å²) in [6, 6.07) is 42.3. The lowest BCUT2D eigenvalue weighted by molar-refractivity contribution is 0.704. The fourth-order valence-electron chi connectivity index (χ4n) is 4.96. The molecule has 0 fully saturated rings. The molecule has 2 heterocycles. The number of nitrogens with zero attached hydrogens (tertiary/aromatic N) is 3. The Morgan fingerprint density at radius 1 is 0.730 bits per heavy atom. The van der Waals surface area contributed by atoms with Crippen molar-refractivity contribution in [2.24, 2.45) is 0 Å². The minimum atomic E-state index is 0.00294. The zero-order valence-corrected chi connectivity index (χ0v) is 20.3. The number of para-hydroxylation sites is 1. The molecule has 0 saturated carbocycles. The van der Waals surface area contributed by atoms with Gasteiger partial charge in [-0.3, -0.25) is 0 Å². The Bertz CT molecular complexity index is 1770. The quantitative estimate of drug-likeness (QED) is 0.244. The van der Waals surface area contributed by atoms with E-state index in [0.717, 1.165) is 33.2 Å². The van der Waals surface area contributed by atoms with Crippen LogP contribution in [0.25, 0.3) is 34.0 Å². The number of aromatic nitrogens is 2. The molecule has 3 heteroatoms. The van der Waals surface area contributed by atoms with E-state index in [1.54, 1.807) is 0 Å². The number of hydrogen-bond acceptors (Lipinski definition) is 2. The molecule has 2 aromatic heterocycles. The van der Waals surface area contributed by atoms with E-state index in [9.17, 15) is 5.26 Å². The molecule has 0 bridgehead atoms. The molecule has 0 aliphatic carbocycles. The Kier molecular flexibility index (Phi) is 6.07. The molecule has 0 N–H and O–H groups in total. The first-order chi connectivity index (χ1) is 18.3. The molecule has 0 aliphatic heterocycles. The lowest BCUT2D eigenvalue weighted by Crippen LogP contribution is -2.11. The monoisotopic (exact) mass is 475 g/mol. The molecular weight excluding hydrogens is 450 g/mol. The highest BCUT2D eigenvalue weighted by Gasteiger charge is 2.18. The summed E-state index contributed by atoms with van der Waals surface area (Å²) in [5, 5.41) is 11.5. The normalized spacial score (nSPS) is 12.2. The van der Waals surface area contributed by atoms with Gasteiger partial charge in [0.2, 0.25) is 0 Å². The number of nitriles is 1. The van der Waals surface area contributed by atoms with Gasteiger partial charge in [0.25, 0.3) is 0 Å². The van der Waals surface area contributed by atoms with Crippen molar-refractivity contribution in [3.8, 4) is 6.07 Å². The fraction of sp³-hybridized carbons (Fsp3) is 0.0588. The summed E-state index contributed by atoms with van der Waals surface area (Å²) in [5.74, 6) is 0. The number of benzene rings is 4. The average molecular weight is 476 g/mol. The molecule has 3 nitrogen and oxygen atoms in total. The van der Waals surface area contributed by atoms with Crippen LogP contribution in [-0.2, 0) is 6.42 Å². The Labute approximate surface area is 216 Å². The van der Waals surface area contributed by atoms with Gasteiger partial charge in [-0.15, -0.1) is 0 Å². The molecule has 0 spiro atoms. The maximum atomic E-state index is 9.22. The molecule has 37 heavy (non-hydrogen) atoms. The average Bonchev–Trinajstić information content (AvgIpc) is 3.36. The summed E-state index contributed by atoms with van der Waals surface area (Å²) in [4.78, 5) is 4.78. The Morgan fingerprint density at radius 3 is 2.43 bits per heavy atom. The van der Waals surface area contributed by atoms with E-state index < -0.39 is 0 Å². The number of fused-ring (bicyclic) bond motifs is 2. The summed E-state index contributed by atoms with van der Waals surface area (Å²) in [7, 11) is 0. The summed E-state index contributed by atoms with van der Waals surface area (Å²) in [5.41, 5.74) is 7.62. The first-order valence-corrected chi connectivity index (χ1v) is 12.4. The van der Waals surface area contributed by atoms with Crippen LogP contribution in [0.5, 0.6) is 0 Å². The third-order valence-electron chi connectivity index (χ3n) is 6.76. The van der Waals surface area contributed by atoms with Crippen LogP contribution in [-0.4, -0.2) is 9.55 Å². The lowest BCUT2D eigenvalue weighted by Gasteiger charge is -2.22. The molecular formula is C34H25N3. The van der Waals surface area contributed by atoms with E-state index in [-0.39, 0.29) is 6.04 Å². The number of rotatable bonds is 6. The Hall–Kier alpha value is -4.94. The highest BCUT2D eigenvalue weighted by Crippen LogP contribution is 2.32. The molecule has 6 rings (SSSR count). The second-order valence-electron chi connectivity index (χ2n) is 9.20. The van der Waals surface area contributed by atoms with Crippen LogP contribution in [0.1, 0.15) is 34.0 Å². The van der Waals surface area contributed by atoms with Crippen LogP contribution in [0, 0.1) is 11.3 Å². The van der Waals surface area contributed by atoms with Gasteiger partial charge < -0.3 is 4.57 Å². The zero-order valence-electron chi connectivity index (χ0n) is 20.3. The van der Waals surface area contributed by atoms with Gasteiger partial charge in [-0.2, -0.15) is 5.26 Å². The maximum absolute atomic E-state index is 9.22. The Morgan fingerprint density at radius 2 is 1.54 bits per heavy atom. The third kappa shape index (κ3) is 4.66. The topological polar surface area (TPSA) is 41.6 Å². The first kappa shape index (κ1) is 22.5. The van der Waals surface area contributed by atoms with Gasteiger partial charge in [0, 0.05) is 17.1 Å². The largest absolute Gasteiger partial charge is 0.336 e. The van der Waals surface area contributed by atoms with Crippen molar-refractivity contribution in [1.29, 1.82) is 5.26 Å². The van der Waals surface area contributed by atoms with E-state index in [1.807, 2.05) is 24.3 Å². The molecule has 0 saturated heterocycles. The summed E-state index contributed by atoms with van der Waals surface area (Å²) >= 11 is 0. The van der Waals surface area contributed by atoms with Crippen molar-refractivity contribution < 1.29 is 0 Å².